The van der Waals surface area contributed by atoms with Crippen molar-refractivity contribution in [3.05, 3.63) is 28.2 Å². The number of piperazine rings is 1. The van der Waals surface area contributed by atoms with Crippen LogP contribution in [0.2, 0.25) is 0 Å². The predicted molar refractivity (Wildman–Crippen MR) is 75.3 cm³/mol. The molecule has 1 saturated heterocycles. The standard InChI is InChI=1S/C12H15BrN2O3S/c1-9-3-4-10(13)7-11(9)19(17,18)15-6-5-14(2)12(16)8-15/h3-4,7H,5-6,8H2,1-2H3. The zero-order valence-electron chi connectivity index (χ0n) is 10.8. The first-order valence-corrected chi connectivity index (χ1v) is 8.06. The monoisotopic (exact) mass is 346 g/mol. The van der Waals surface area contributed by atoms with E-state index < -0.39 is 10.0 Å². The van der Waals surface area contributed by atoms with Gasteiger partial charge < -0.3 is 4.90 Å². The summed E-state index contributed by atoms with van der Waals surface area (Å²) in [5, 5.41) is 0. The van der Waals surface area contributed by atoms with Crippen molar-refractivity contribution >= 4 is 31.9 Å². The van der Waals surface area contributed by atoms with Gasteiger partial charge in [-0.05, 0) is 24.6 Å². The van der Waals surface area contributed by atoms with E-state index in [9.17, 15) is 13.2 Å². The lowest BCUT2D eigenvalue weighted by atomic mass is 10.2. The lowest BCUT2D eigenvalue weighted by molar-refractivity contribution is -0.132. The van der Waals surface area contributed by atoms with Gasteiger partial charge in [0.1, 0.15) is 0 Å². The van der Waals surface area contributed by atoms with E-state index >= 15 is 0 Å². The van der Waals surface area contributed by atoms with Crippen LogP contribution in [0, 0.1) is 6.92 Å². The minimum atomic E-state index is -3.62. The molecule has 1 fully saturated rings. The molecule has 0 aromatic heterocycles. The Balaban J connectivity index is 2.37. The fourth-order valence-electron chi connectivity index (χ4n) is 1.93. The summed E-state index contributed by atoms with van der Waals surface area (Å²) in [5.74, 6) is -0.178. The van der Waals surface area contributed by atoms with E-state index in [-0.39, 0.29) is 17.3 Å². The first-order valence-electron chi connectivity index (χ1n) is 5.82. The van der Waals surface area contributed by atoms with Gasteiger partial charge in [-0.2, -0.15) is 4.31 Å². The highest BCUT2D eigenvalue weighted by Gasteiger charge is 2.32. The molecule has 0 bridgehead atoms. The minimum absolute atomic E-state index is 0.0925. The van der Waals surface area contributed by atoms with Crippen LogP contribution in [0.1, 0.15) is 5.56 Å². The molecule has 1 aromatic carbocycles. The van der Waals surface area contributed by atoms with Crippen molar-refractivity contribution in [3.8, 4) is 0 Å². The first-order chi connectivity index (χ1) is 8.82. The number of hydrogen-bond acceptors (Lipinski definition) is 3. The number of rotatable bonds is 2. The fraction of sp³-hybridized carbons (Fsp3) is 0.417. The van der Waals surface area contributed by atoms with Crippen LogP contribution < -0.4 is 0 Å². The Morgan fingerprint density at radius 3 is 2.58 bits per heavy atom. The first kappa shape index (κ1) is 14.5. The number of hydrogen-bond donors (Lipinski definition) is 0. The molecule has 19 heavy (non-hydrogen) atoms. The van der Waals surface area contributed by atoms with Gasteiger partial charge in [-0.25, -0.2) is 8.42 Å². The smallest absolute Gasteiger partial charge is 0.243 e. The summed E-state index contributed by atoms with van der Waals surface area (Å²) in [7, 11) is -1.94. The Kier molecular flexibility index (Phi) is 3.98. The maximum Gasteiger partial charge on any atom is 0.243 e. The van der Waals surface area contributed by atoms with E-state index in [1.54, 1.807) is 37.1 Å². The summed E-state index contributed by atoms with van der Waals surface area (Å²) in [6, 6.07) is 5.12. The summed E-state index contributed by atoms with van der Waals surface area (Å²) >= 11 is 3.28. The van der Waals surface area contributed by atoms with Gasteiger partial charge in [-0.15, -0.1) is 0 Å². The summed E-state index contributed by atoms with van der Waals surface area (Å²) in [6.07, 6.45) is 0. The zero-order valence-corrected chi connectivity index (χ0v) is 13.2. The fourth-order valence-corrected chi connectivity index (χ4v) is 4.08. The molecule has 0 atom stereocenters. The van der Waals surface area contributed by atoms with Crippen LogP contribution in [0.5, 0.6) is 0 Å². The largest absolute Gasteiger partial charge is 0.343 e. The average Bonchev–Trinajstić information content (AvgIpc) is 2.35. The van der Waals surface area contributed by atoms with Gasteiger partial charge >= 0.3 is 0 Å². The summed E-state index contributed by atoms with van der Waals surface area (Å²) < 4.78 is 27.0. The number of halogens is 1. The second-order valence-electron chi connectivity index (χ2n) is 4.56. The van der Waals surface area contributed by atoms with E-state index in [1.807, 2.05) is 0 Å². The molecule has 0 N–H and O–H groups in total. The molecule has 0 unspecified atom stereocenters. The Morgan fingerprint density at radius 2 is 1.95 bits per heavy atom. The third-order valence-corrected chi connectivity index (χ3v) is 5.67. The molecule has 2 rings (SSSR count). The molecule has 0 spiro atoms. The second-order valence-corrected chi connectivity index (χ2v) is 7.39. The number of nitrogens with zero attached hydrogens (tertiary/aromatic N) is 2. The highest BCUT2D eigenvalue weighted by atomic mass is 79.9. The molecule has 5 nitrogen and oxygen atoms in total. The molecule has 0 radical (unpaired) electrons. The van der Waals surface area contributed by atoms with Crippen LogP contribution in [0.25, 0.3) is 0 Å². The molecular weight excluding hydrogens is 332 g/mol. The lowest BCUT2D eigenvalue weighted by Crippen LogP contribution is -2.50. The Morgan fingerprint density at radius 1 is 1.26 bits per heavy atom. The van der Waals surface area contributed by atoms with Gasteiger partial charge in [0.2, 0.25) is 15.9 Å². The van der Waals surface area contributed by atoms with Crippen molar-refractivity contribution in [1.82, 2.24) is 9.21 Å². The molecule has 7 heteroatoms. The lowest BCUT2D eigenvalue weighted by Gasteiger charge is -2.31. The van der Waals surface area contributed by atoms with Crippen LogP contribution in [0.3, 0.4) is 0 Å². The maximum absolute atomic E-state index is 12.5. The van der Waals surface area contributed by atoms with E-state index in [2.05, 4.69) is 15.9 Å². The number of amides is 1. The van der Waals surface area contributed by atoms with Gasteiger partial charge in [0, 0.05) is 24.6 Å². The number of aryl methyl sites for hydroxylation is 1. The third kappa shape index (κ3) is 2.82. The number of carbonyl (C=O) groups excluding carboxylic acids is 1. The van der Waals surface area contributed by atoms with Crippen LogP contribution >= 0.6 is 15.9 Å². The molecule has 1 aliphatic rings. The summed E-state index contributed by atoms with van der Waals surface area (Å²) in [4.78, 5) is 13.4. The predicted octanol–water partition coefficient (Wildman–Crippen LogP) is 1.22. The summed E-state index contributed by atoms with van der Waals surface area (Å²) in [5.41, 5.74) is 0.676. The zero-order chi connectivity index (χ0) is 14.2. The third-order valence-electron chi connectivity index (χ3n) is 3.19. The maximum atomic E-state index is 12.5. The van der Waals surface area contributed by atoms with Crippen molar-refractivity contribution < 1.29 is 13.2 Å². The van der Waals surface area contributed by atoms with Gasteiger partial charge in [0.05, 0.1) is 11.4 Å². The number of carbonyl (C=O) groups is 1. The molecule has 1 heterocycles. The van der Waals surface area contributed by atoms with Gasteiger partial charge in [-0.1, -0.05) is 22.0 Å². The van der Waals surface area contributed by atoms with Crippen molar-refractivity contribution in [2.45, 2.75) is 11.8 Å². The quantitative estimate of drug-likeness (QED) is 0.808. The molecule has 1 aromatic rings. The minimum Gasteiger partial charge on any atom is -0.343 e. The van der Waals surface area contributed by atoms with Crippen LogP contribution in [-0.4, -0.2) is 50.2 Å². The number of benzene rings is 1. The highest BCUT2D eigenvalue weighted by Crippen LogP contribution is 2.24. The van der Waals surface area contributed by atoms with Gasteiger partial charge in [0.25, 0.3) is 0 Å². The summed E-state index contributed by atoms with van der Waals surface area (Å²) in [6.45, 7) is 2.41. The van der Waals surface area contributed by atoms with Crippen molar-refractivity contribution in [2.75, 3.05) is 26.7 Å². The molecule has 1 aliphatic heterocycles. The molecule has 0 aliphatic carbocycles. The van der Waals surface area contributed by atoms with Crippen molar-refractivity contribution in [2.24, 2.45) is 0 Å². The average molecular weight is 347 g/mol. The normalized spacial score (nSPS) is 17.8. The van der Waals surface area contributed by atoms with Crippen LogP contribution in [0.15, 0.2) is 27.6 Å². The second kappa shape index (κ2) is 5.22. The molecule has 0 saturated carbocycles. The van der Waals surface area contributed by atoms with Crippen LogP contribution in [-0.2, 0) is 14.8 Å². The van der Waals surface area contributed by atoms with E-state index in [1.165, 1.54) is 4.31 Å². The molecule has 104 valence electrons. The van der Waals surface area contributed by atoms with Crippen molar-refractivity contribution in [3.63, 3.8) is 0 Å². The van der Waals surface area contributed by atoms with E-state index in [0.717, 1.165) is 0 Å². The molecular formula is C12H15BrN2O3S. The van der Waals surface area contributed by atoms with Crippen molar-refractivity contribution in [1.29, 1.82) is 0 Å². The molecule has 1 amide bonds. The Labute approximate surface area is 121 Å². The van der Waals surface area contributed by atoms with Gasteiger partial charge in [-0.3, -0.25) is 4.79 Å². The topological polar surface area (TPSA) is 57.7 Å². The van der Waals surface area contributed by atoms with Crippen LogP contribution in [0.4, 0.5) is 0 Å². The highest BCUT2D eigenvalue weighted by molar-refractivity contribution is 9.10. The van der Waals surface area contributed by atoms with E-state index in [4.69, 9.17) is 0 Å². The van der Waals surface area contributed by atoms with E-state index in [0.29, 0.717) is 23.1 Å². The van der Waals surface area contributed by atoms with Gasteiger partial charge in [0.15, 0.2) is 0 Å². The Hall–Kier alpha value is -0.920. The SMILES string of the molecule is Cc1ccc(Br)cc1S(=O)(=O)N1CCN(C)C(=O)C1. The number of sulfonamides is 1. The number of likely N-dealkylation sites (N-methyl/N-ethyl adjacent to an activating group) is 1. The Bertz CT molecular complexity index is 615.